The van der Waals surface area contributed by atoms with Gasteiger partial charge in [-0.25, -0.2) is 0 Å². The van der Waals surface area contributed by atoms with Crippen molar-refractivity contribution in [2.24, 2.45) is 0 Å². The standard InChI is InChI=1S/C68H45N/c1-66-46-29-31-50(32-30-46)68(49-23-9-4-10-24-49)61-28-16-14-26-55(61)57-37-34-53(43-65(57)68)69(51-35-38-58(63(66)41-51)59-39-44-17-11-12-18-45(44)40-62(59)66)52-33-36-56-54-25-13-15-27-60(54)67(64(56)42-52,47-19-5-2-6-20-47)48-21-7-3-8-22-48/h2-43H,1H3. The van der Waals surface area contributed by atoms with Gasteiger partial charge < -0.3 is 4.90 Å². The van der Waals surface area contributed by atoms with Gasteiger partial charge in [0.25, 0.3) is 0 Å². The molecule has 1 heteroatoms. The monoisotopic (exact) mass is 875 g/mol. The molecule has 5 aliphatic rings. The van der Waals surface area contributed by atoms with Crippen LogP contribution >= 0.6 is 0 Å². The zero-order chi connectivity index (χ0) is 45.5. The summed E-state index contributed by atoms with van der Waals surface area (Å²) in [5.41, 5.74) is 23.8. The summed E-state index contributed by atoms with van der Waals surface area (Å²) in [6.45, 7) is 2.46. The fourth-order valence-electron chi connectivity index (χ4n) is 13.6. The van der Waals surface area contributed by atoms with Crippen molar-refractivity contribution in [2.75, 3.05) is 4.90 Å². The predicted octanol–water partition coefficient (Wildman–Crippen LogP) is 16.7. The molecule has 0 fully saturated rings. The van der Waals surface area contributed by atoms with Crippen LogP contribution in [0.1, 0.15) is 68.1 Å². The molecule has 2 aliphatic heterocycles. The Morgan fingerprint density at radius 2 is 0.594 bits per heavy atom. The summed E-state index contributed by atoms with van der Waals surface area (Å²) in [7, 11) is 0. The summed E-state index contributed by atoms with van der Waals surface area (Å²) in [5, 5.41) is 2.53. The molecule has 69 heavy (non-hydrogen) atoms. The highest BCUT2D eigenvalue weighted by Gasteiger charge is 2.49. The van der Waals surface area contributed by atoms with Gasteiger partial charge in [-0.2, -0.15) is 0 Å². The molecule has 2 unspecified atom stereocenters. The van der Waals surface area contributed by atoms with Crippen LogP contribution in [0.4, 0.5) is 17.1 Å². The van der Waals surface area contributed by atoms with Crippen LogP contribution in [0, 0.1) is 0 Å². The minimum Gasteiger partial charge on any atom is -0.310 e. The van der Waals surface area contributed by atoms with E-state index in [-0.39, 0.29) is 0 Å². The topological polar surface area (TPSA) is 3.24 Å². The summed E-state index contributed by atoms with van der Waals surface area (Å²) in [4.78, 5) is 2.55. The first-order valence-electron chi connectivity index (χ1n) is 24.3. The SMILES string of the molecule is CC12c3ccc(cc3)C3(c4ccccc4)c4ccccc4-c4ccc(cc43)N(c3ccc4c(c3)C(c3ccccc3)(c3ccccc3)c3ccccc3-4)c3ccc(c1c3)-c1cc3ccccc3cc12. The van der Waals surface area contributed by atoms with Gasteiger partial charge in [-0.3, -0.25) is 0 Å². The first kappa shape index (κ1) is 38.6. The summed E-state index contributed by atoms with van der Waals surface area (Å²) in [6.07, 6.45) is 0. The van der Waals surface area contributed by atoms with Gasteiger partial charge in [0.1, 0.15) is 0 Å². The van der Waals surface area contributed by atoms with Crippen molar-refractivity contribution in [2.45, 2.75) is 23.2 Å². The maximum absolute atomic E-state index is 2.55. The van der Waals surface area contributed by atoms with Gasteiger partial charge in [0, 0.05) is 22.5 Å². The van der Waals surface area contributed by atoms with Crippen molar-refractivity contribution in [1.82, 2.24) is 0 Å². The lowest BCUT2D eigenvalue weighted by molar-refractivity contribution is 0.710. The van der Waals surface area contributed by atoms with Gasteiger partial charge in [-0.05, 0) is 161 Å². The van der Waals surface area contributed by atoms with E-state index >= 15 is 0 Å². The molecule has 3 aliphatic carbocycles. The van der Waals surface area contributed by atoms with Gasteiger partial charge >= 0.3 is 0 Å². The van der Waals surface area contributed by atoms with E-state index in [9.17, 15) is 0 Å². The summed E-state index contributed by atoms with van der Waals surface area (Å²) < 4.78 is 0. The first-order valence-corrected chi connectivity index (χ1v) is 24.3. The summed E-state index contributed by atoms with van der Waals surface area (Å²) in [5.74, 6) is 0. The number of fused-ring (bicyclic) bond motifs is 10. The van der Waals surface area contributed by atoms with Crippen LogP contribution in [0.3, 0.4) is 0 Å². The molecule has 0 N–H and O–H groups in total. The second kappa shape index (κ2) is 14.0. The molecule has 322 valence electrons. The molecule has 6 bridgehead atoms. The van der Waals surface area contributed by atoms with E-state index in [0.29, 0.717) is 0 Å². The van der Waals surface area contributed by atoms with Crippen LogP contribution in [0.25, 0.3) is 44.2 Å². The van der Waals surface area contributed by atoms with E-state index in [0.717, 1.165) is 17.1 Å². The Balaban J connectivity index is 1.06. The molecular formula is C68H45N. The molecule has 0 saturated heterocycles. The molecule has 16 rings (SSSR count). The Hall–Kier alpha value is -8.52. The van der Waals surface area contributed by atoms with Crippen LogP contribution in [0.15, 0.2) is 255 Å². The normalized spacial score (nSPS) is 18.1. The highest BCUT2D eigenvalue weighted by Crippen LogP contribution is 2.61. The van der Waals surface area contributed by atoms with Crippen molar-refractivity contribution >= 4 is 27.8 Å². The van der Waals surface area contributed by atoms with E-state index in [4.69, 9.17) is 0 Å². The molecule has 0 spiro atoms. The number of rotatable bonds is 4. The number of anilines is 3. The second-order valence-corrected chi connectivity index (χ2v) is 19.7. The fourth-order valence-corrected chi connectivity index (χ4v) is 13.6. The summed E-state index contributed by atoms with van der Waals surface area (Å²) in [6, 6.07) is 97.1. The Morgan fingerprint density at radius 3 is 1.09 bits per heavy atom. The molecule has 0 amide bonds. The molecule has 11 aromatic carbocycles. The van der Waals surface area contributed by atoms with Crippen LogP contribution in [-0.4, -0.2) is 0 Å². The van der Waals surface area contributed by atoms with Crippen LogP contribution in [0.5, 0.6) is 0 Å². The van der Waals surface area contributed by atoms with E-state index in [2.05, 4.69) is 267 Å². The number of hydrogen-bond acceptors (Lipinski definition) is 1. The average molecular weight is 876 g/mol. The lowest BCUT2D eigenvalue weighted by atomic mass is 9.66. The van der Waals surface area contributed by atoms with Crippen LogP contribution in [-0.2, 0) is 16.2 Å². The Morgan fingerprint density at radius 1 is 0.246 bits per heavy atom. The lowest BCUT2D eigenvalue weighted by Crippen LogP contribution is -2.29. The third kappa shape index (κ3) is 4.94. The quantitative estimate of drug-likeness (QED) is 0.170. The molecule has 0 radical (unpaired) electrons. The van der Waals surface area contributed by atoms with E-state index in [1.807, 2.05) is 0 Å². The maximum Gasteiger partial charge on any atom is 0.0714 e. The molecule has 0 saturated carbocycles. The molecule has 1 nitrogen and oxygen atoms in total. The fraction of sp³-hybridized carbons (Fsp3) is 0.0588. The third-order valence-electron chi connectivity index (χ3n) is 16.6. The zero-order valence-electron chi connectivity index (χ0n) is 38.2. The molecule has 2 heterocycles. The largest absolute Gasteiger partial charge is 0.310 e. The minimum atomic E-state index is -0.564. The number of nitrogens with zero attached hydrogens (tertiary/aromatic N) is 1. The van der Waals surface area contributed by atoms with Crippen molar-refractivity contribution in [3.8, 4) is 33.4 Å². The van der Waals surface area contributed by atoms with E-state index in [1.165, 1.54) is 105 Å². The minimum absolute atomic E-state index is 0.435. The Labute approximate surface area is 403 Å². The first-order chi connectivity index (χ1) is 34.1. The van der Waals surface area contributed by atoms with Gasteiger partial charge in [0.2, 0.25) is 0 Å². The summed E-state index contributed by atoms with van der Waals surface area (Å²) >= 11 is 0. The predicted molar refractivity (Wildman–Crippen MR) is 284 cm³/mol. The van der Waals surface area contributed by atoms with Crippen molar-refractivity contribution in [1.29, 1.82) is 0 Å². The van der Waals surface area contributed by atoms with Gasteiger partial charge in [-0.1, -0.05) is 206 Å². The highest BCUT2D eigenvalue weighted by molar-refractivity contribution is 5.97. The van der Waals surface area contributed by atoms with Crippen LogP contribution in [0.2, 0.25) is 0 Å². The van der Waals surface area contributed by atoms with Gasteiger partial charge in [0.05, 0.1) is 10.8 Å². The third-order valence-corrected chi connectivity index (χ3v) is 16.6. The van der Waals surface area contributed by atoms with Gasteiger partial charge in [0.15, 0.2) is 0 Å². The Kier molecular flexibility index (Phi) is 7.83. The van der Waals surface area contributed by atoms with Crippen LogP contribution < -0.4 is 4.90 Å². The van der Waals surface area contributed by atoms with Crippen molar-refractivity contribution in [3.63, 3.8) is 0 Å². The Bertz CT molecular complexity index is 3870. The molecule has 2 atom stereocenters. The molecule has 11 aromatic rings. The van der Waals surface area contributed by atoms with Gasteiger partial charge in [-0.15, -0.1) is 0 Å². The highest BCUT2D eigenvalue weighted by atomic mass is 15.1. The van der Waals surface area contributed by atoms with Crippen molar-refractivity contribution < 1.29 is 0 Å². The number of benzene rings is 11. The van der Waals surface area contributed by atoms with Crippen molar-refractivity contribution in [3.05, 3.63) is 316 Å². The van der Waals surface area contributed by atoms with E-state index in [1.54, 1.807) is 0 Å². The maximum atomic E-state index is 2.55. The second-order valence-electron chi connectivity index (χ2n) is 19.7. The van der Waals surface area contributed by atoms with E-state index < -0.39 is 16.2 Å². The lowest BCUT2D eigenvalue weighted by Gasteiger charge is -2.36. The number of hydrogen-bond donors (Lipinski definition) is 0. The molecule has 0 aromatic heterocycles. The zero-order valence-corrected chi connectivity index (χ0v) is 38.2. The molecular weight excluding hydrogens is 831 g/mol. The smallest absolute Gasteiger partial charge is 0.0714 e. The average Bonchev–Trinajstić information content (AvgIpc) is 3.98.